The van der Waals surface area contributed by atoms with E-state index in [4.69, 9.17) is 27.9 Å². The van der Waals surface area contributed by atoms with Crippen LogP contribution in [0.2, 0.25) is 10.0 Å². The van der Waals surface area contributed by atoms with E-state index >= 15 is 0 Å². The van der Waals surface area contributed by atoms with Crippen molar-refractivity contribution in [2.24, 2.45) is 0 Å². The standard InChI is InChI=1S/C29H20Cl2F7NO2/c30-23-9-4-10-26(27(23)31)41-20-6-3-5-19(14-20)39(15-17-11-12-18(13-24(17)32)28(33,34)35)25(16-40)21-7-1-2-8-22(21)29(36,37)38/h1-14,25,40H,15-16H2. The van der Waals surface area contributed by atoms with Gasteiger partial charge in [0.2, 0.25) is 0 Å². The molecule has 12 heteroatoms. The number of rotatable bonds is 8. The Morgan fingerprint density at radius 2 is 1.51 bits per heavy atom. The van der Waals surface area contributed by atoms with E-state index < -0.39 is 48.5 Å². The SMILES string of the molecule is OCC(c1ccccc1C(F)(F)F)N(Cc1ccc(C(F)(F)F)cc1F)c1cccc(Oc2cccc(Cl)c2Cl)c1. The molecule has 0 bridgehead atoms. The average molecular weight is 618 g/mol. The quantitative estimate of drug-likeness (QED) is 0.200. The molecular formula is C29H20Cl2F7NO2. The molecule has 1 unspecified atom stereocenters. The highest BCUT2D eigenvalue weighted by atomic mass is 35.5. The normalized spacial score (nSPS) is 12.7. The molecule has 0 heterocycles. The van der Waals surface area contributed by atoms with Crippen LogP contribution in [0.4, 0.5) is 36.4 Å². The average Bonchev–Trinajstić information content (AvgIpc) is 2.91. The Morgan fingerprint density at radius 3 is 2.17 bits per heavy atom. The van der Waals surface area contributed by atoms with Gasteiger partial charge in [-0.25, -0.2) is 4.39 Å². The van der Waals surface area contributed by atoms with E-state index in [9.17, 15) is 35.8 Å². The molecule has 0 fully saturated rings. The van der Waals surface area contributed by atoms with E-state index in [1.54, 1.807) is 6.07 Å². The van der Waals surface area contributed by atoms with Crippen molar-refractivity contribution in [3.05, 3.63) is 123 Å². The molecule has 1 N–H and O–H groups in total. The Balaban J connectivity index is 1.82. The van der Waals surface area contributed by atoms with E-state index in [0.717, 1.165) is 12.1 Å². The second kappa shape index (κ2) is 12.2. The first-order valence-corrected chi connectivity index (χ1v) is 12.7. The summed E-state index contributed by atoms with van der Waals surface area (Å²) in [5, 5.41) is 10.7. The number of halogens is 9. The van der Waals surface area contributed by atoms with Gasteiger partial charge in [-0.2, -0.15) is 26.3 Å². The molecule has 0 saturated heterocycles. The number of benzene rings is 4. The Hall–Kier alpha value is -3.47. The Morgan fingerprint density at radius 1 is 0.805 bits per heavy atom. The zero-order valence-corrected chi connectivity index (χ0v) is 22.3. The molecule has 0 amide bonds. The third-order valence-corrected chi connectivity index (χ3v) is 6.99. The fraction of sp³-hybridized carbons (Fsp3) is 0.172. The molecule has 0 spiro atoms. The van der Waals surface area contributed by atoms with Crippen LogP contribution in [0.15, 0.2) is 84.9 Å². The summed E-state index contributed by atoms with van der Waals surface area (Å²) in [6.45, 7) is -1.34. The summed E-state index contributed by atoms with van der Waals surface area (Å²) in [4.78, 5) is 1.25. The molecule has 0 aliphatic rings. The summed E-state index contributed by atoms with van der Waals surface area (Å²) in [6.07, 6.45) is -9.59. The Kier molecular flexibility index (Phi) is 9.06. The van der Waals surface area contributed by atoms with E-state index in [1.807, 2.05) is 0 Å². The van der Waals surface area contributed by atoms with Gasteiger partial charge in [-0.1, -0.05) is 59.6 Å². The predicted molar refractivity (Wildman–Crippen MR) is 142 cm³/mol. The molecule has 0 aliphatic heterocycles. The van der Waals surface area contributed by atoms with Crippen molar-refractivity contribution in [1.29, 1.82) is 0 Å². The number of alkyl halides is 6. The molecule has 1 atom stereocenters. The van der Waals surface area contributed by atoms with Crippen LogP contribution in [0.5, 0.6) is 11.5 Å². The molecular weight excluding hydrogens is 598 g/mol. The fourth-order valence-corrected chi connectivity index (χ4v) is 4.57. The zero-order valence-electron chi connectivity index (χ0n) is 20.8. The largest absolute Gasteiger partial charge is 0.456 e. The van der Waals surface area contributed by atoms with Crippen molar-refractivity contribution < 1.29 is 40.6 Å². The lowest BCUT2D eigenvalue weighted by Gasteiger charge is -2.35. The fourth-order valence-electron chi connectivity index (χ4n) is 4.24. The summed E-state index contributed by atoms with van der Waals surface area (Å²) in [5.74, 6) is -0.869. The smallest absolute Gasteiger partial charge is 0.416 e. The summed E-state index contributed by atoms with van der Waals surface area (Å²) in [7, 11) is 0. The Labute approximate surface area is 240 Å². The maximum Gasteiger partial charge on any atom is 0.416 e. The van der Waals surface area contributed by atoms with Gasteiger partial charge in [0.05, 0.1) is 28.8 Å². The molecule has 4 aromatic rings. The number of hydrogen-bond donors (Lipinski definition) is 1. The van der Waals surface area contributed by atoms with Crippen LogP contribution in [-0.4, -0.2) is 11.7 Å². The van der Waals surface area contributed by atoms with Crippen molar-refractivity contribution in [3.63, 3.8) is 0 Å². The molecule has 3 nitrogen and oxygen atoms in total. The first-order chi connectivity index (χ1) is 19.3. The summed E-state index contributed by atoms with van der Waals surface area (Å²) < 4.78 is 102. The van der Waals surface area contributed by atoms with Gasteiger partial charge >= 0.3 is 12.4 Å². The summed E-state index contributed by atoms with van der Waals surface area (Å²) >= 11 is 12.2. The lowest BCUT2D eigenvalue weighted by Crippen LogP contribution is -2.32. The number of aliphatic hydroxyl groups excluding tert-OH is 1. The van der Waals surface area contributed by atoms with Gasteiger partial charge in [0, 0.05) is 23.9 Å². The maximum absolute atomic E-state index is 14.9. The third-order valence-electron chi connectivity index (χ3n) is 6.19. The first kappa shape index (κ1) is 30.5. The molecule has 0 aliphatic carbocycles. The highest BCUT2D eigenvalue weighted by Crippen LogP contribution is 2.41. The van der Waals surface area contributed by atoms with Gasteiger partial charge in [-0.3, -0.25) is 0 Å². The molecule has 0 radical (unpaired) electrons. The molecule has 0 saturated carbocycles. The van der Waals surface area contributed by atoms with Crippen LogP contribution >= 0.6 is 23.2 Å². The minimum atomic E-state index is -4.80. The van der Waals surface area contributed by atoms with Gasteiger partial charge in [-0.05, 0) is 48.0 Å². The molecule has 41 heavy (non-hydrogen) atoms. The third kappa shape index (κ3) is 7.06. The van der Waals surface area contributed by atoms with Gasteiger partial charge in [0.25, 0.3) is 0 Å². The van der Waals surface area contributed by atoms with Crippen LogP contribution in [0.3, 0.4) is 0 Å². The van der Waals surface area contributed by atoms with Gasteiger partial charge in [0.1, 0.15) is 22.3 Å². The van der Waals surface area contributed by atoms with Crippen LogP contribution in [0, 0.1) is 5.82 Å². The van der Waals surface area contributed by atoms with E-state index in [2.05, 4.69) is 0 Å². The highest BCUT2D eigenvalue weighted by Gasteiger charge is 2.37. The topological polar surface area (TPSA) is 32.7 Å². The molecule has 216 valence electrons. The number of nitrogens with zero attached hydrogens (tertiary/aromatic N) is 1. The lowest BCUT2D eigenvalue weighted by molar-refractivity contribution is -0.139. The van der Waals surface area contributed by atoms with Crippen molar-refractivity contribution in [3.8, 4) is 11.5 Å². The van der Waals surface area contributed by atoms with Gasteiger partial charge in [0.15, 0.2) is 0 Å². The molecule has 0 aromatic heterocycles. The van der Waals surface area contributed by atoms with Crippen LogP contribution in [-0.2, 0) is 18.9 Å². The monoisotopic (exact) mass is 617 g/mol. The highest BCUT2D eigenvalue weighted by molar-refractivity contribution is 6.42. The molecule has 4 rings (SSSR count). The van der Waals surface area contributed by atoms with Gasteiger partial charge in [-0.15, -0.1) is 0 Å². The second-order valence-electron chi connectivity index (χ2n) is 8.87. The number of aliphatic hydroxyl groups is 1. The van der Waals surface area contributed by atoms with Crippen LogP contribution in [0.25, 0.3) is 0 Å². The van der Waals surface area contributed by atoms with Gasteiger partial charge < -0.3 is 14.7 Å². The van der Waals surface area contributed by atoms with Crippen molar-refractivity contribution >= 4 is 28.9 Å². The summed E-state index contributed by atoms with van der Waals surface area (Å²) in [6, 6.07) is 15.6. The van der Waals surface area contributed by atoms with E-state index in [1.165, 1.54) is 59.5 Å². The zero-order chi connectivity index (χ0) is 29.9. The van der Waals surface area contributed by atoms with Crippen LogP contribution < -0.4 is 9.64 Å². The first-order valence-electron chi connectivity index (χ1n) is 11.9. The number of anilines is 1. The lowest BCUT2D eigenvalue weighted by atomic mass is 9.97. The van der Waals surface area contributed by atoms with Crippen molar-refractivity contribution in [1.82, 2.24) is 0 Å². The molecule has 4 aromatic carbocycles. The minimum absolute atomic E-state index is 0.107. The van der Waals surface area contributed by atoms with Crippen LogP contribution in [0.1, 0.15) is 28.3 Å². The number of ether oxygens (including phenoxy) is 1. The predicted octanol–water partition coefficient (Wildman–Crippen LogP) is 9.70. The number of hydrogen-bond acceptors (Lipinski definition) is 3. The summed E-state index contributed by atoms with van der Waals surface area (Å²) in [5.41, 5.74) is -2.64. The second-order valence-corrected chi connectivity index (χ2v) is 9.65. The minimum Gasteiger partial charge on any atom is -0.456 e. The van der Waals surface area contributed by atoms with Crippen molar-refractivity contribution in [2.75, 3.05) is 11.5 Å². The van der Waals surface area contributed by atoms with E-state index in [0.29, 0.717) is 12.1 Å². The van der Waals surface area contributed by atoms with Crippen molar-refractivity contribution in [2.45, 2.75) is 24.9 Å². The van der Waals surface area contributed by atoms with E-state index in [-0.39, 0.29) is 38.4 Å². The Bertz CT molecular complexity index is 1530. The maximum atomic E-state index is 14.9.